The maximum absolute atomic E-state index is 11.1. The van der Waals surface area contributed by atoms with Crippen molar-refractivity contribution in [1.29, 1.82) is 0 Å². The van der Waals surface area contributed by atoms with Crippen LogP contribution < -0.4 is 16.2 Å². The van der Waals surface area contributed by atoms with Crippen LogP contribution >= 0.6 is 11.6 Å². The fourth-order valence-corrected chi connectivity index (χ4v) is 2.63. The number of aryl methyl sites for hydroxylation is 1. The molecule has 1 aliphatic heterocycles. The number of anilines is 1. The van der Waals surface area contributed by atoms with E-state index in [9.17, 15) is 4.79 Å². The Balaban J connectivity index is 1.88. The number of nitrogens with zero attached hydrogens (tertiary/aromatic N) is 2. The van der Waals surface area contributed by atoms with Gasteiger partial charge >= 0.3 is 0 Å². The van der Waals surface area contributed by atoms with E-state index in [1.807, 2.05) is 12.1 Å². The van der Waals surface area contributed by atoms with Gasteiger partial charge in [-0.3, -0.25) is 15.1 Å². The zero-order chi connectivity index (χ0) is 14.5. The molecule has 0 bridgehead atoms. The third-order valence-corrected chi connectivity index (χ3v) is 3.94. The second-order valence-corrected chi connectivity index (χ2v) is 5.51. The Morgan fingerprint density at radius 1 is 1.35 bits per heavy atom. The van der Waals surface area contributed by atoms with Crippen molar-refractivity contribution < 1.29 is 4.79 Å². The van der Waals surface area contributed by atoms with E-state index in [0.29, 0.717) is 6.42 Å². The second kappa shape index (κ2) is 6.92. The van der Waals surface area contributed by atoms with Crippen LogP contribution in [0.3, 0.4) is 0 Å². The summed E-state index contributed by atoms with van der Waals surface area (Å²) in [6.45, 7) is 6.65. The summed E-state index contributed by atoms with van der Waals surface area (Å²) in [5.74, 6) is 4.96. The van der Waals surface area contributed by atoms with Gasteiger partial charge in [0.1, 0.15) is 0 Å². The number of nitrogens with two attached hydrogens (primary N) is 1. The minimum absolute atomic E-state index is 0.113. The van der Waals surface area contributed by atoms with Crippen LogP contribution in [0.15, 0.2) is 18.2 Å². The van der Waals surface area contributed by atoms with Gasteiger partial charge in [-0.2, -0.15) is 0 Å². The molecule has 1 heterocycles. The average molecular weight is 297 g/mol. The fourth-order valence-electron chi connectivity index (χ4n) is 2.47. The normalized spacial score (nSPS) is 16.2. The molecule has 110 valence electrons. The van der Waals surface area contributed by atoms with Gasteiger partial charge in [-0.05, 0) is 24.6 Å². The van der Waals surface area contributed by atoms with Crippen LogP contribution in [0.25, 0.3) is 0 Å². The van der Waals surface area contributed by atoms with Crippen LogP contribution in [-0.2, 0) is 4.79 Å². The van der Waals surface area contributed by atoms with Gasteiger partial charge in [-0.25, -0.2) is 5.84 Å². The summed E-state index contributed by atoms with van der Waals surface area (Å²) in [5, 5.41) is 0.771. The smallest absolute Gasteiger partial charge is 0.235 e. The molecular formula is C14H21ClN4O. The standard InChI is InChI=1S/C14H21ClN4O/c1-11-2-3-12(15)10-13(11)19-8-6-18(7-9-19)5-4-14(20)17-16/h2-3,10H,4-9,16H2,1H3,(H,17,20). The van der Waals surface area contributed by atoms with Crippen LogP contribution in [0.4, 0.5) is 5.69 Å². The number of benzene rings is 1. The Morgan fingerprint density at radius 2 is 2.05 bits per heavy atom. The maximum Gasteiger partial charge on any atom is 0.235 e. The third-order valence-electron chi connectivity index (χ3n) is 3.70. The topological polar surface area (TPSA) is 61.6 Å². The van der Waals surface area contributed by atoms with Gasteiger partial charge in [0.2, 0.25) is 5.91 Å². The molecule has 0 aromatic heterocycles. The predicted octanol–water partition coefficient (Wildman–Crippen LogP) is 1.15. The molecule has 1 amide bonds. The number of rotatable bonds is 4. The molecule has 1 aliphatic rings. The lowest BCUT2D eigenvalue weighted by molar-refractivity contribution is -0.121. The third kappa shape index (κ3) is 3.85. The van der Waals surface area contributed by atoms with E-state index in [4.69, 9.17) is 17.4 Å². The molecule has 1 fully saturated rings. The van der Waals surface area contributed by atoms with Crippen molar-refractivity contribution in [3.05, 3.63) is 28.8 Å². The van der Waals surface area contributed by atoms with Crippen molar-refractivity contribution in [2.24, 2.45) is 5.84 Å². The van der Waals surface area contributed by atoms with E-state index in [-0.39, 0.29) is 5.91 Å². The zero-order valence-electron chi connectivity index (χ0n) is 11.7. The molecule has 0 atom stereocenters. The van der Waals surface area contributed by atoms with E-state index in [1.165, 1.54) is 11.3 Å². The highest BCUT2D eigenvalue weighted by atomic mass is 35.5. The van der Waals surface area contributed by atoms with Gasteiger partial charge in [0.25, 0.3) is 0 Å². The minimum Gasteiger partial charge on any atom is -0.369 e. The van der Waals surface area contributed by atoms with Crippen LogP contribution in [0.5, 0.6) is 0 Å². The first kappa shape index (κ1) is 15.1. The fraction of sp³-hybridized carbons (Fsp3) is 0.500. The van der Waals surface area contributed by atoms with Gasteiger partial charge in [0.15, 0.2) is 0 Å². The van der Waals surface area contributed by atoms with Gasteiger partial charge in [0, 0.05) is 49.9 Å². The van der Waals surface area contributed by atoms with E-state index >= 15 is 0 Å². The van der Waals surface area contributed by atoms with E-state index in [2.05, 4.69) is 28.2 Å². The van der Waals surface area contributed by atoms with Gasteiger partial charge in [0.05, 0.1) is 0 Å². The molecule has 20 heavy (non-hydrogen) atoms. The highest BCUT2D eigenvalue weighted by Crippen LogP contribution is 2.25. The molecule has 0 saturated carbocycles. The molecule has 1 saturated heterocycles. The summed E-state index contributed by atoms with van der Waals surface area (Å²) in [5.41, 5.74) is 4.61. The number of piperazine rings is 1. The van der Waals surface area contributed by atoms with Gasteiger partial charge in [-0.1, -0.05) is 17.7 Å². The molecule has 3 N–H and O–H groups in total. The molecule has 6 heteroatoms. The Labute approximate surface area is 124 Å². The molecule has 1 aromatic carbocycles. The van der Waals surface area contributed by atoms with Crippen LogP contribution in [-0.4, -0.2) is 43.5 Å². The summed E-state index contributed by atoms with van der Waals surface area (Å²) >= 11 is 6.07. The van der Waals surface area contributed by atoms with Gasteiger partial charge < -0.3 is 4.90 Å². The van der Waals surface area contributed by atoms with Crippen molar-refractivity contribution in [2.75, 3.05) is 37.6 Å². The summed E-state index contributed by atoms with van der Waals surface area (Å²) < 4.78 is 0. The molecule has 0 aliphatic carbocycles. The summed E-state index contributed by atoms with van der Waals surface area (Å²) in [6, 6.07) is 5.99. The maximum atomic E-state index is 11.1. The molecule has 0 spiro atoms. The molecule has 1 aromatic rings. The molecular weight excluding hydrogens is 276 g/mol. The SMILES string of the molecule is Cc1ccc(Cl)cc1N1CCN(CCC(=O)NN)CC1. The quantitative estimate of drug-likeness (QED) is 0.497. The van der Waals surface area contributed by atoms with Crippen molar-refractivity contribution >= 4 is 23.2 Å². The minimum atomic E-state index is -0.113. The lowest BCUT2D eigenvalue weighted by atomic mass is 10.1. The molecule has 0 radical (unpaired) electrons. The number of hydrazine groups is 1. The molecule has 0 unspecified atom stereocenters. The summed E-state index contributed by atoms with van der Waals surface area (Å²) in [7, 11) is 0. The Morgan fingerprint density at radius 3 is 2.70 bits per heavy atom. The Hall–Kier alpha value is -1.30. The Kier molecular flexibility index (Phi) is 5.23. The number of hydrogen-bond acceptors (Lipinski definition) is 4. The van der Waals surface area contributed by atoms with Crippen molar-refractivity contribution in [1.82, 2.24) is 10.3 Å². The summed E-state index contributed by atoms with van der Waals surface area (Å²) in [4.78, 5) is 15.8. The number of nitrogens with one attached hydrogen (secondary N) is 1. The predicted molar refractivity (Wildman–Crippen MR) is 81.8 cm³/mol. The molecule has 2 rings (SSSR count). The number of halogens is 1. The first-order valence-electron chi connectivity index (χ1n) is 6.83. The largest absolute Gasteiger partial charge is 0.369 e. The van der Waals surface area contributed by atoms with E-state index < -0.39 is 0 Å². The lowest BCUT2D eigenvalue weighted by Crippen LogP contribution is -2.47. The highest BCUT2D eigenvalue weighted by molar-refractivity contribution is 6.30. The van der Waals surface area contributed by atoms with Crippen molar-refractivity contribution in [3.8, 4) is 0 Å². The first-order chi connectivity index (χ1) is 9.60. The van der Waals surface area contributed by atoms with Crippen molar-refractivity contribution in [3.63, 3.8) is 0 Å². The summed E-state index contributed by atoms with van der Waals surface area (Å²) in [6.07, 6.45) is 0.451. The molecule has 5 nitrogen and oxygen atoms in total. The lowest BCUT2D eigenvalue weighted by Gasteiger charge is -2.36. The number of hydrogen-bond donors (Lipinski definition) is 2. The Bertz CT molecular complexity index is 472. The van der Waals surface area contributed by atoms with Crippen LogP contribution in [0.2, 0.25) is 5.02 Å². The van der Waals surface area contributed by atoms with Crippen molar-refractivity contribution in [2.45, 2.75) is 13.3 Å². The van der Waals surface area contributed by atoms with E-state index in [0.717, 1.165) is 37.7 Å². The number of carbonyl (C=O) groups is 1. The zero-order valence-corrected chi connectivity index (χ0v) is 12.5. The van der Waals surface area contributed by atoms with Crippen LogP contribution in [0.1, 0.15) is 12.0 Å². The average Bonchev–Trinajstić information content (AvgIpc) is 2.48. The van der Waals surface area contributed by atoms with E-state index in [1.54, 1.807) is 0 Å². The van der Waals surface area contributed by atoms with Crippen LogP contribution in [0, 0.1) is 6.92 Å². The first-order valence-corrected chi connectivity index (χ1v) is 7.21. The number of carbonyl (C=O) groups excluding carboxylic acids is 1. The number of amides is 1. The van der Waals surface area contributed by atoms with Gasteiger partial charge in [-0.15, -0.1) is 0 Å². The monoisotopic (exact) mass is 296 g/mol. The second-order valence-electron chi connectivity index (χ2n) is 5.08. The highest BCUT2D eigenvalue weighted by Gasteiger charge is 2.18.